The largest absolute Gasteiger partial charge is 0.339 e. The van der Waals surface area contributed by atoms with Crippen molar-refractivity contribution in [3.63, 3.8) is 0 Å². The Balaban J connectivity index is 1.86. The molecule has 3 rings (SSSR count). The zero-order chi connectivity index (χ0) is 12.4. The Bertz CT molecular complexity index is 612. The summed E-state index contributed by atoms with van der Waals surface area (Å²) in [5.74, 6) is 0.807. The van der Waals surface area contributed by atoms with E-state index in [4.69, 9.17) is 5.73 Å². The van der Waals surface area contributed by atoms with Crippen molar-refractivity contribution in [3.05, 3.63) is 60.2 Å². The number of pyridine rings is 1. The van der Waals surface area contributed by atoms with Crippen LogP contribution in [0.5, 0.6) is 0 Å². The zero-order valence-electron chi connectivity index (χ0n) is 9.88. The van der Waals surface area contributed by atoms with E-state index in [-0.39, 0.29) is 6.04 Å². The standard InChI is InChI=1S/C14H14N4/c15-11(8-10-4-2-1-3-5-10)14-17-12-6-7-16-9-13(12)18-14/h1-7,9,11H,8,15H2,(H,17,18). The Morgan fingerprint density at radius 2 is 2.00 bits per heavy atom. The first-order valence-electron chi connectivity index (χ1n) is 5.92. The van der Waals surface area contributed by atoms with Crippen LogP contribution in [0.15, 0.2) is 48.8 Å². The maximum atomic E-state index is 6.18. The average molecular weight is 238 g/mol. The van der Waals surface area contributed by atoms with Gasteiger partial charge in [-0.2, -0.15) is 0 Å². The van der Waals surface area contributed by atoms with Gasteiger partial charge in [-0.15, -0.1) is 0 Å². The summed E-state index contributed by atoms with van der Waals surface area (Å²) in [5.41, 5.74) is 9.22. The summed E-state index contributed by atoms with van der Waals surface area (Å²) in [6.45, 7) is 0. The number of nitrogens with zero attached hydrogens (tertiary/aromatic N) is 2. The molecule has 1 aromatic carbocycles. The lowest BCUT2D eigenvalue weighted by atomic mass is 10.1. The predicted octanol–water partition coefficient (Wildman–Crippen LogP) is 2.20. The van der Waals surface area contributed by atoms with Crippen LogP contribution in [-0.4, -0.2) is 15.0 Å². The number of aromatic amines is 1. The van der Waals surface area contributed by atoms with Gasteiger partial charge < -0.3 is 10.7 Å². The van der Waals surface area contributed by atoms with Crippen LogP contribution in [0.2, 0.25) is 0 Å². The van der Waals surface area contributed by atoms with Crippen LogP contribution in [0.1, 0.15) is 17.4 Å². The van der Waals surface area contributed by atoms with E-state index < -0.39 is 0 Å². The molecular weight excluding hydrogens is 224 g/mol. The topological polar surface area (TPSA) is 67.6 Å². The van der Waals surface area contributed by atoms with Crippen LogP contribution in [-0.2, 0) is 6.42 Å². The molecule has 2 heterocycles. The summed E-state index contributed by atoms with van der Waals surface area (Å²) in [6, 6.07) is 11.9. The second-order valence-corrected chi connectivity index (χ2v) is 4.31. The molecule has 0 aliphatic rings. The summed E-state index contributed by atoms with van der Waals surface area (Å²) in [4.78, 5) is 11.8. The minimum atomic E-state index is -0.125. The van der Waals surface area contributed by atoms with Crippen LogP contribution in [0.4, 0.5) is 0 Å². The SMILES string of the molecule is NC(Cc1ccccc1)c1nc2ccncc2[nH]1. The molecule has 0 bridgehead atoms. The highest BCUT2D eigenvalue weighted by Crippen LogP contribution is 2.16. The molecule has 0 aliphatic carbocycles. The van der Waals surface area contributed by atoms with Crippen molar-refractivity contribution in [3.8, 4) is 0 Å². The molecule has 0 aliphatic heterocycles. The highest BCUT2D eigenvalue weighted by atomic mass is 15.0. The van der Waals surface area contributed by atoms with Gasteiger partial charge in [-0.3, -0.25) is 4.98 Å². The van der Waals surface area contributed by atoms with Crippen LogP contribution in [0, 0.1) is 0 Å². The van der Waals surface area contributed by atoms with E-state index in [0.717, 1.165) is 23.3 Å². The third kappa shape index (κ3) is 2.10. The third-order valence-electron chi connectivity index (χ3n) is 2.95. The van der Waals surface area contributed by atoms with Crippen LogP contribution >= 0.6 is 0 Å². The van der Waals surface area contributed by atoms with E-state index in [1.807, 2.05) is 24.3 Å². The van der Waals surface area contributed by atoms with Crippen LogP contribution in [0.25, 0.3) is 11.0 Å². The Kier molecular flexibility index (Phi) is 2.78. The third-order valence-corrected chi connectivity index (χ3v) is 2.95. The van der Waals surface area contributed by atoms with Gasteiger partial charge >= 0.3 is 0 Å². The fraction of sp³-hybridized carbons (Fsp3) is 0.143. The molecule has 0 spiro atoms. The van der Waals surface area contributed by atoms with E-state index >= 15 is 0 Å². The van der Waals surface area contributed by atoms with Crippen LogP contribution < -0.4 is 5.73 Å². The molecule has 0 radical (unpaired) electrons. The maximum absolute atomic E-state index is 6.18. The molecule has 4 nitrogen and oxygen atoms in total. The summed E-state index contributed by atoms with van der Waals surface area (Å²) in [6.07, 6.45) is 4.27. The van der Waals surface area contributed by atoms with Gasteiger partial charge in [-0.05, 0) is 18.1 Å². The molecule has 0 saturated heterocycles. The highest BCUT2D eigenvalue weighted by molar-refractivity contribution is 5.73. The monoisotopic (exact) mass is 238 g/mol. The number of hydrogen-bond acceptors (Lipinski definition) is 3. The number of hydrogen-bond donors (Lipinski definition) is 2. The number of benzene rings is 1. The minimum Gasteiger partial charge on any atom is -0.339 e. The van der Waals surface area contributed by atoms with Gasteiger partial charge in [0.2, 0.25) is 0 Å². The second-order valence-electron chi connectivity index (χ2n) is 4.31. The molecule has 2 aromatic heterocycles. The van der Waals surface area contributed by atoms with Gasteiger partial charge in [-0.25, -0.2) is 4.98 Å². The summed E-state index contributed by atoms with van der Waals surface area (Å²) >= 11 is 0. The maximum Gasteiger partial charge on any atom is 0.124 e. The predicted molar refractivity (Wildman–Crippen MR) is 71.0 cm³/mol. The summed E-state index contributed by atoms with van der Waals surface area (Å²) in [5, 5.41) is 0. The van der Waals surface area contributed by atoms with E-state index in [0.29, 0.717) is 0 Å². The molecule has 3 N–H and O–H groups in total. The van der Waals surface area contributed by atoms with Gasteiger partial charge in [0.1, 0.15) is 5.82 Å². The van der Waals surface area contributed by atoms with E-state index in [1.54, 1.807) is 12.4 Å². The number of nitrogens with two attached hydrogens (primary N) is 1. The number of aromatic nitrogens is 3. The van der Waals surface area contributed by atoms with Crippen molar-refractivity contribution in [2.45, 2.75) is 12.5 Å². The Labute approximate surface area is 105 Å². The number of H-pyrrole nitrogens is 1. The molecule has 1 unspecified atom stereocenters. The molecule has 1 atom stereocenters. The van der Waals surface area contributed by atoms with Crippen molar-refractivity contribution in [2.75, 3.05) is 0 Å². The molecule has 0 saturated carbocycles. The van der Waals surface area contributed by atoms with Crippen molar-refractivity contribution in [1.29, 1.82) is 0 Å². The fourth-order valence-electron chi connectivity index (χ4n) is 2.02. The van der Waals surface area contributed by atoms with Crippen molar-refractivity contribution in [2.24, 2.45) is 5.73 Å². The number of nitrogens with one attached hydrogen (secondary N) is 1. The lowest BCUT2D eigenvalue weighted by Crippen LogP contribution is -2.14. The normalized spacial score (nSPS) is 12.7. The minimum absolute atomic E-state index is 0.125. The number of rotatable bonds is 3. The quantitative estimate of drug-likeness (QED) is 0.735. The van der Waals surface area contributed by atoms with Crippen molar-refractivity contribution in [1.82, 2.24) is 15.0 Å². The van der Waals surface area contributed by atoms with Crippen LogP contribution in [0.3, 0.4) is 0 Å². The Morgan fingerprint density at radius 1 is 1.17 bits per heavy atom. The lowest BCUT2D eigenvalue weighted by Gasteiger charge is -2.08. The first-order chi connectivity index (χ1) is 8.83. The molecular formula is C14H14N4. The van der Waals surface area contributed by atoms with E-state index in [1.165, 1.54) is 5.56 Å². The highest BCUT2D eigenvalue weighted by Gasteiger charge is 2.11. The van der Waals surface area contributed by atoms with Gasteiger partial charge in [0.25, 0.3) is 0 Å². The van der Waals surface area contributed by atoms with Gasteiger partial charge in [0.15, 0.2) is 0 Å². The number of imidazole rings is 1. The lowest BCUT2D eigenvalue weighted by molar-refractivity contribution is 0.680. The zero-order valence-corrected chi connectivity index (χ0v) is 9.88. The summed E-state index contributed by atoms with van der Waals surface area (Å²) < 4.78 is 0. The molecule has 0 fully saturated rings. The first-order valence-corrected chi connectivity index (χ1v) is 5.92. The summed E-state index contributed by atoms with van der Waals surface area (Å²) in [7, 11) is 0. The molecule has 4 heteroatoms. The van der Waals surface area contributed by atoms with Gasteiger partial charge in [0.05, 0.1) is 23.3 Å². The van der Waals surface area contributed by atoms with E-state index in [9.17, 15) is 0 Å². The Hall–Kier alpha value is -2.20. The fourth-order valence-corrected chi connectivity index (χ4v) is 2.02. The second kappa shape index (κ2) is 4.58. The molecule has 0 amide bonds. The first kappa shape index (κ1) is 10.9. The van der Waals surface area contributed by atoms with Crippen molar-refractivity contribution < 1.29 is 0 Å². The van der Waals surface area contributed by atoms with Gasteiger partial charge in [-0.1, -0.05) is 30.3 Å². The molecule has 3 aromatic rings. The molecule has 18 heavy (non-hydrogen) atoms. The average Bonchev–Trinajstić information content (AvgIpc) is 2.84. The number of fused-ring (bicyclic) bond motifs is 1. The van der Waals surface area contributed by atoms with Crippen molar-refractivity contribution >= 4 is 11.0 Å². The van der Waals surface area contributed by atoms with Gasteiger partial charge in [0, 0.05) is 6.20 Å². The molecule has 90 valence electrons. The smallest absolute Gasteiger partial charge is 0.124 e. The van der Waals surface area contributed by atoms with E-state index in [2.05, 4.69) is 27.1 Å². The Morgan fingerprint density at radius 3 is 2.78 bits per heavy atom.